The number of fused-ring (bicyclic) bond motifs is 1. The van der Waals surface area contributed by atoms with Crippen LogP contribution < -0.4 is 15.0 Å². The van der Waals surface area contributed by atoms with Gasteiger partial charge in [-0.3, -0.25) is 9.59 Å². The van der Waals surface area contributed by atoms with Crippen LogP contribution >= 0.6 is 0 Å². The van der Waals surface area contributed by atoms with E-state index >= 15 is 0 Å². The van der Waals surface area contributed by atoms with E-state index in [-0.39, 0.29) is 17.2 Å². The van der Waals surface area contributed by atoms with Crippen LogP contribution in [0.15, 0.2) is 42.5 Å². The average Bonchev–Trinajstić information content (AvgIpc) is 2.59. The van der Waals surface area contributed by atoms with Gasteiger partial charge in [0.25, 0.3) is 11.8 Å². The molecule has 1 aliphatic heterocycles. The number of carbonyl (C=O) groups excluding carboxylic acids is 2. The monoisotopic (exact) mass is 352 g/mol. The van der Waals surface area contributed by atoms with Crippen molar-refractivity contribution in [3.05, 3.63) is 53.6 Å². The number of hydrogen-bond acceptors (Lipinski definition) is 3. The predicted molar refractivity (Wildman–Crippen MR) is 103 cm³/mol. The van der Waals surface area contributed by atoms with E-state index in [9.17, 15) is 9.59 Å². The molecule has 2 amide bonds. The van der Waals surface area contributed by atoms with Crippen LogP contribution in [0, 0.1) is 0 Å². The zero-order valence-electron chi connectivity index (χ0n) is 15.8. The van der Waals surface area contributed by atoms with Gasteiger partial charge in [0.15, 0.2) is 6.10 Å². The third-order valence-corrected chi connectivity index (χ3v) is 4.57. The number of benzene rings is 2. The molecule has 0 bridgehead atoms. The molecule has 1 aliphatic rings. The number of anilines is 2. The van der Waals surface area contributed by atoms with Gasteiger partial charge < -0.3 is 15.0 Å². The van der Waals surface area contributed by atoms with Crippen molar-refractivity contribution < 1.29 is 14.3 Å². The lowest BCUT2D eigenvalue weighted by molar-refractivity contribution is -0.125. The molecule has 5 nitrogen and oxygen atoms in total. The summed E-state index contributed by atoms with van der Waals surface area (Å²) in [5, 5.41) is 2.89. The molecule has 2 aromatic carbocycles. The summed E-state index contributed by atoms with van der Waals surface area (Å²) in [6.45, 7) is 8.12. The van der Waals surface area contributed by atoms with E-state index in [2.05, 4.69) is 26.1 Å². The summed E-state index contributed by atoms with van der Waals surface area (Å²) in [7, 11) is 1.72. The molecule has 1 atom stereocenters. The Balaban J connectivity index is 1.78. The molecule has 1 N–H and O–H groups in total. The number of nitrogens with one attached hydrogen (secondary N) is 1. The second kappa shape index (κ2) is 6.48. The van der Waals surface area contributed by atoms with Gasteiger partial charge in [0.1, 0.15) is 5.75 Å². The topological polar surface area (TPSA) is 58.6 Å². The maximum atomic E-state index is 12.5. The standard InChI is InChI=1S/C21H24N2O3/c1-13-20(25)23(5)17-11-10-16(12-18(17)26-13)22-19(24)14-6-8-15(9-7-14)21(2,3)4/h6-13H,1-5H3,(H,22,24). The first-order chi connectivity index (χ1) is 12.2. The van der Waals surface area contributed by atoms with Gasteiger partial charge >= 0.3 is 0 Å². The molecule has 2 aromatic rings. The van der Waals surface area contributed by atoms with E-state index in [1.807, 2.05) is 24.3 Å². The second-order valence-corrected chi connectivity index (χ2v) is 7.62. The molecule has 26 heavy (non-hydrogen) atoms. The van der Waals surface area contributed by atoms with Crippen molar-refractivity contribution in [3.63, 3.8) is 0 Å². The summed E-state index contributed by atoms with van der Waals surface area (Å²) < 4.78 is 5.65. The van der Waals surface area contributed by atoms with Crippen LogP contribution in [-0.4, -0.2) is 25.0 Å². The molecule has 0 aliphatic carbocycles. The van der Waals surface area contributed by atoms with Crippen LogP contribution in [0.1, 0.15) is 43.6 Å². The Morgan fingerprint density at radius 3 is 2.38 bits per heavy atom. The highest BCUT2D eigenvalue weighted by Gasteiger charge is 2.29. The molecule has 0 saturated heterocycles. The third-order valence-electron chi connectivity index (χ3n) is 4.57. The molecule has 0 aromatic heterocycles. The fourth-order valence-electron chi connectivity index (χ4n) is 2.92. The van der Waals surface area contributed by atoms with E-state index in [4.69, 9.17) is 4.74 Å². The highest BCUT2D eigenvalue weighted by atomic mass is 16.5. The number of hydrogen-bond donors (Lipinski definition) is 1. The molecule has 0 radical (unpaired) electrons. The Morgan fingerprint density at radius 1 is 1.12 bits per heavy atom. The number of amides is 2. The number of likely N-dealkylation sites (N-methyl/N-ethyl adjacent to an activating group) is 1. The zero-order chi connectivity index (χ0) is 19.1. The molecule has 1 heterocycles. The maximum absolute atomic E-state index is 12.5. The minimum Gasteiger partial charge on any atom is -0.479 e. The van der Waals surface area contributed by atoms with Crippen molar-refractivity contribution in [2.45, 2.75) is 39.2 Å². The summed E-state index contributed by atoms with van der Waals surface area (Å²) in [5.41, 5.74) is 3.14. The first-order valence-electron chi connectivity index (χ1n) is 8.67. The first-order valence-corrected chi connectivity index (χ1v) is 8.67. The van der Waals surface area contributed by atoms with E-state index in [0.29, 0.717) is 22.7 Å². The molecule has 136 valence electrons. The molecule has 3 rings (SSSR count). The van der Waals surface area contributed by atoms with Crippen molar-refractivity contribution in [2.75, 3.05) is 17.3 Å². The molecule has 5 heteroatoms. The Bertz CT molecular complexity index is 851. The maximum Gasteiger partial charge on any atom is 0.267 e. The second-order valence-electron chi connectivity index (χ2n) is 7.62. The predicted octanol–water partition coefficient (Wildman–Crippen LogP) is 3.98. The zero-order valence-corrected chi connectivity index (χ0v) is 15.8. The number of nitrogens with zero attached hydrogens (tertiary/aromatic N) is 1. The largest absolute Gasteiger partial charge is 0.479 e. The minimum absolute atomic E-state index is 0.0466. The van der Waals surface area contributed by atoms with Gasteiger partial charge in [-0.1, -0.05) is 32.9 Å². The lowest BCUT2D eigenvalue weighted by Crippen LogP contribution is -2.41. The summed E-state index contributed by atoms with van der Waals surface area (Å²) in [5.74, 6) is 0.312. The highest BCUT2D eigenvalue weighted by molar-refractivity contribution is 6.05. The fraction of sp³-hybridized carbons (Fsp3) is 0.333. The Kier molecular flexibility index (Phi) is 4.48. The molecular weight excluding hydrogens is 328 g/mol. The minimum atomic E-state index is -0.539. The van der Waals surface area contributed by atoms with Crippen LogP contribution in [0.2, 0.25) is 0 Å². The SMILES string of the molecule is CC1Oc2cc(NC(=O)c3ccc(C(C)(C)C)cc3)ccc2N(C)C1=O. The van der Waals surface area contributed by atoms with Gasteiger partial charge in [-0.2, -0.15) is 0 Å². The third kappa shape index (κ3) is 3.43. The van der Waals surface area contributed by atoms with E-state index in [1.165, 1.54) is 5.56 Å². The van der Waals surface area contributed by atoms with Gasteiger partial charge in [-0.05, 0) is 42.2 Å². The smallest absolute Gasteiger partial charge is 0.267 e. The lowest BCUT2D eigenvalue weighted by atomic mass is 9.87. The van der Waals surface area contributed by atoms with E-state index < -0.39 is 6.10 Å². The van der Waals surface area contributed by atoms with Gasteiger partial charge in [-0.15, -0.1) is 0 Å². The van der Waals surface area contributed by atoms with Crippen molar-refractivity contribution in [1.29, 1.82) is 0 Å². The molecule has 1 unspecified atom stereocenters. The summed E-state index contributed by atoms with van der Waals surface area (Å²) in [6.07, 6.45) is -0.539. The first kappa shape index (κ1) is 18.0. The van der Waals surface area contributed by atoms with Gasteiger partial charge in [0.2, 0.25) is 0 Å². The normalized spacial score (nSPS) is 16.7. The molecule has 0 fully saturated rings. The fourth-order valence-corrected chi connectivity index (χ4v) is 2.92. The molecule has 0 saturated carbocycles. The summed E-state index contributed by atoms with van der Waals surface area (Å²) in [6, 6.07) is 12.9. The number of rotatable bonds is 2. The lowest BCUT2D eigenvalue weighted by Gasteiger charge is -2.30. The highest BCUT2D eigenvalue weighted by Crippen LogP contribution is 2.35. The van der Waals surface area contributed by atoms with Gasteiger partial charge in [0, 0.05) is 24.4 Å². The Hall–Kier alpha value is -2.82. The van der Waals surface area contributed by atoms with Crippen LogP contribution in [-0.2, 0) is 10.2 Å². The van der Waals surface area contributed by atoms with E-state index in [1.54, 1.807) is 37.1 Å². The van der Waals surface area contributed by atoms with Crippen molar-refractivity contribution in [2.24, 2.45) is 0 Å². The summed E-state index contributed by atoms with van der Waals surface area (Å²) in [4.78, 5) is 26.0. The van der Waals surface area contributed by atoms with Crippen molar-refractivity contribution in [1.82, 2.24) is 0 Å². The van der Waals surface area contributed by atoms with E-state index in [0.717, 1.165) is 0 Å². The Morgan fingerprint density at radius 2 is 1.77 bits per heavy atom. The van der Waals surface area contributed by atoms with Gasteiger partial charge in [0.05, 0.1) is 5.69 Å². The molecule has 0 spiro atoms. The molecular formula is C21H24N2O3. The Labute approximate surface area is 154 Å². The number of carbonyl (C=O) groups is 2. The van der Waals surface area contributed by atoms with Crippen LogP contribution in [0.5, 0.6) is 5.75 Å². The van der Waals surface area contributed by atoms with Crippen LogP contribution in [0.4, 0.5) is 11.4 Å². The van der Waals surface area contributed by atoms with Gasteiger partial charge in [-0.25, -0.2) is 0 Å². The average molecular weight is 352 g/mol. The van der Waals surface area contributed by atoms with Crippen molar-refractivity contribution in [3.8, 4) is 5.75 Å². The quantitative estimate of drug-likeness (QED) is 0.889. The summed E-state index contributed by atoms with van der Waals surface area (Å²) >= 11 is 0. The van der Waals surface area contributed by atoms with Crippen molar-refractivity contribution >= 4 is 23.2 Å². The van der Waals surface area contributed by atoms with Crippen LogP contribution in [0.3, 0.4) is 0 Å². The number of ether oxygens (including phenoxy) is 1. The van der Waals surface area contributed by atoms with Crippen LogP contribution in [0.25, 0.3) is 0 Å².